The summed E-state index contributed by atoms with van der Waals surface area (Å²) in [5.41, 5.74) is 0.992. The van der Waals surface area contributed by atoms with Gasteiger partial charge in [0, 0.05) is 17.0 Å². The third-order valence-corrected chi connectivity index (χ3v) is 5.28. The number of hydrogen-bond acceptors (Lipinski definition) is 5. The molecule has 0 aliphatic heterocycles. The fourth-order valence-corrected chi connectivity index (χ4v) is 3.69. The first-order valence-electron chi connectivity index (χ1n) is 7.79. The minimum Gasteiger partial charge on any atom is -0.350 e. The van der Waals surface area contributed by atoms with Gasteiger partial charge in [0.1, 0.15) is 0 Å². The van der Waals surface area contributed by atoms with Gasteiger partial charge in [0.2, 0.25) is 5.91 Å². The van der Waals surface area contributed by atoms with Crippen LogP contribution in [-0.4, -0.2) is 26.4 Å². The lowest BCUT2D eigenvalue weighted by molar-refractivity contribution is -0.118. The highest BCUT2D eigenvalue weighted by Crippen LogP contribution is 2.23. The standard InChI is InChI=1S/C18H18N4OS2/c1-2-10-22-17(14-7-4-3-5-8-14)20-21-18(22)25-13-16(23)19-12-15-9-6-11-24-15/h2-9,11H,1,10,12-13H2,(H,19,23). The van der Waals surface area contributed by atoms with Crippen molar-refractivity contribution in [2.24, 2.45) is 0 Å². The Labute approximate surface area is 154 Å². The molecule has 3 aromatic rings. The summed E-state index contributed by atoms with van der Waals surface area (Å²) < 4.78 is 1.97. The molecule has 1 N–H and O–H groups in total. The van der Waals surface area contributed by atoms with Crippen molar-refractivity contribution in [1.82, 2.24) is 20.1 Å². The number of aromatic nitrogens is 3. The SMILES string of the molecule is C=CCn1c(SCC(=O)NCc2cccs2)nnc1-c1ccccc1. The summed E-state index contributed by atoms with van der Waals surface area (Å²) in [5.74, 6) is 1.06. The lowest BCUT2D eigenvalue weighted by Crippen LogP contribution is -2.24. The first-order valence-corrected chi connectivity index (χ1v) is 9.66. The number of carbonyl (C=O) groups excluding carboxylic acids is 1. The van der Waals surface area contributed by atoms with Gasteiger partial charge in [-0.1, -0.05) is 54.2 Å². The van der Waals surface area contributed by atoms with E-state index in [2.05, 4.69) is 22.1 Å². The molecule has 0 saturated heterocycles. The normalized spacial score (nSPS) is 10.6. The van der Waals surface area contributed by atoms with Gasteiger partial charge in [0.25, 0.3) is 0 Å². The van der Waals surface area contributed by atoms with Crippen molar-refractivity contribution in [3.63, 3.8) is 0 Å². The van der Waals surface area contributed by atoms with Crippen LogP contribution in [0.5, 0.6) is 0 Å². The molecule has 0 saturated carbocycles. The van der Waals surface area contributed by atoms with Crippen LogP contribution in [0.2, 0.25) is 0 Å². The third-order valence-electron chi connectivity index (χ3n) is 3.43. The molecule has 7 heteroatoms. The van der Waals surface area contributed by atoms with Crippen LogP contribution in [0.15, 0.2) is 65.7 Å². The Bertz CT molecular complexity index is 828. The van der Waals surface area contributed by atoms with Crippen LogP contribution >= 0.6 is 23.1 Å². The second-order valence-electron chi connectivity index (χ2n) is 5.22. The van der Waals surface area contributed by atoms with E-state index in [1.165, 1.54) is 11.8 Å². The summed E-state index contributed by atoms with van der Waals surface area (Å²) in [6.07, 6.45) is 1.80. The number of thiophene rings is 1. The van der Waals surface area contributed by atoms with Gasteiger partial charge in [-0.15, -0.1) is 28.1 Å². The number of nitrogens with zero attached hydrogens (tertiary/aromatic N) is 3. The molecule has 0 fully saturated rings. The zero-order valence-corrected chi connectivity index (χ0v) is 15.2. The van der Waals surface area contributed by atoms with Crippen LogP contribution in [0.1, 0.15) is 4.88 Å². The minimum atomic E-state index is -0.0205. The van der Waals surface area contributed by atoms with Gasteiger partial charge in [-0.3, -0.25) is 9.36 Å². The summed E-state index contributed by atoms with van der Waals surface area (Å²) in [5, 5.41) is 14.2. The second kappa shape index (κ2) is 8.64. The van der Waals surface area contributed by atoms with Crippen molar-refractivity contribution in [3.8, 4) is 11.4 Å². The second-order valence-corrected chi connectivity index (χ2v) is 7.19. The van der Waals surface area contributed by atoms with Crippen molar-refractivity contribution < 1.29 is 4.79 Å². The van der Waals surface area contributed by atoms with E-state index in [0.29, 0.717) is 24.0 Å². The van der Waals surface area contributed by atoms with Crippen LogP contribution in [-0.2, 0) is 17.9 Å². The summed E-state index contributed by atoms with van der Waals surface area (Å²) in [6.45, 7) is 4.96. The van der Waals surface area contributed by atoms with Crippen molar-refractivity contribution in [2.45, 2.75) is 18.2 Å². The van der Waals surface area contributed by atoms with Gasteiger partial charge in [0.05, 0.1) is 12.3 Å². The van der Waals surface area contributed by atoms with E-state index in [1.807, 2.05) is 52.4 Å². The summed E-state index contributed by atoms with van der Waals surface area (Å²) in [7, 11) is 0. The van der Waals surface area contributed by atoms with Crippen molar-refractivity contribution >= 4 is 29.0 Å². The first kappa shape index (κ1) is 17.4. The van der Waals surface area contributed by atoms with Gasteiger partial charge in [-0.2, -0.15) is 0 Å². The molecule has 0 spiro atoms. The Hall–Kier alpha value is -2.38. The maximum absolute atomic E-state index is 12.1. The van der Waals surface area contributed by atoms with Gasteiger partial charge in [-0.25, -0.2) is 0 Å². The zero-order valence-electron chi connectivity index (χ0n) is 13.6. The molecule has 25 heavy (non-hydrogen) atoms. The first-order chi connectivity index (χ1) is 12.3. The van der Waals surface area contributed by atoms with Crippen LogP contribution in [0, 0.1) is 0 Å². The topological polar surface area (TPSA) is 59.8 Å². The number of allylic oxidation sites excluding steroid dienone is 1. The number of amides is 1. The largest absolute Gasteiger partial charge is 0.350 e. The highest BCUT2D eigenvalue weighted by molar-refractivity contribution is 7.99. The fourth-order valence-electron chi connectivity index (χ4n) is 2.27. The van der Waals surface area contributed by atoms with Crippen molar-refractivity contribution in [3.05, 3.63) is 65.4 Å². The quantitative estimate of drug-likeness (QED) is 0.486. The molecular formula is C18H18N4OS2. The monoisotopic (exact) mass is 370 g/mol. The number of benzene rings is 1. The van der Waals surface area contributed by atoms with E-state index in [-0.39, 0.29) is 5.91 Å². The number of rotatable bonds is 8. The van der Waals surface area contributed by atoms with Gasteiger partial charge in [-0.05, 0) is 11.4 Å². The predicted octanol–water partition coefficient (Wildman–Crippen LogP) is 3.60. The molecule has 0 radical (unpaired) electrons. The van der Waals surface area contributed by atoms with E-state index >= 15 is 0 Å². The lowest BCUT2D eigenvalue weighted by atomic mass is 10.2. The average Bonchev–Trinajstić information content (AvgIpc) is 3.29. The fraction of sp³-hybridized carbons (Fsp3) is 0.167. The molecule has 128 valence electrons. The van der Waals surface area contributed by atoms with Crippen molar-refractivity contribution in [2.75, 3.05) is 5.75 Å². The molecule has 3 rings (SSSR count). The average molecular weight is 371 g/mol. The molecule has 0 atom stereocenters. The zero-order chi connectivity index (χ0) is 17.5. The maximum atomic E-state index is 12.1. The molecule has 2 heterocycles. The van der Waals surface area contributed by atoms with Crippen LogP contribution in [0.3, 0.4) is 0 Å². The molecule has 2 aromatic heterocycles. The Morgan fingerprint density at radius 1 is 1.24 bits per heavy atom. The van der Waals surface area contributed by atoms with E-state index in [9.17, 15) is 4.79 Å². The molecule has 1 aromatic carbocycles. The Morgan fingerprint density at radius 3 is 2.80 bits per heavy atom. The summed E-state index contributed by atoms with van der Waals surface area (Å²) in [4.78, 5) is 13.2. The molecule has 0 aliphatic rings. The molecule has 0 unspecified atom stereocenters. The van der Waals surface area contributed by atoms with E-state index in [1.54, 1.807) is 17.4 Å². The molecule has 0 bridgehead atoms. The number of hydrogen-bond donors (Lipinski definition) is 1. The van der Waals surface area contributed by atoms with E-state index in [4.69, 9.17) is 0 Å². The molecule has 5 nitrogen and oxygen atoms in total. The van der Waals surface area contributed by atoms with Gasteiger partial charge < -0.3 is 5.32 Å². The number of carbonyl (C=O) groups is 1. The van der Waals surface area contributed by atoms with Crippen LogP contribution in [0.4, 0.5) is 0 Å². The lowest BCUT2D eigenvalue weighted by Gasteiger charge is -2.08. The van der Waals surface area contributed by atoms with E-state index in [0.717, 1.165) is 16.3 Å². The van der Waals surface area contributed by atoms with Gasteiger partial charge in [0.15, 0.2) is 11.0 Å². The number of thioether (sulfide) groups is 1. The van der Waals surface area contributed by atoms with Gasteiger partial charge >= 0.3 is 0 Å². The number of nitrogens with one attached hydrogen (secondary N) is 1. The molecule has 1 amide bonds. The molecule has 0 aliphatic carbocycles. The Balaban J connectivity index is 1.64. The predicted molar refractivity (Wildman–Crippen MR) is 103 cm³/mol. The highest BCUT2D eigenvalue weighted by Gasteiger charge is 2.14. The maximum Gasteiger partial charge on any atom is 0.230 e. The van der Waals surface area contributed by atoms with Crippen LogP contribution in [0.25, 0.3) is 11.4 Å². The Morgan fingerprint density at radius 2 is 2.08 bits per heavy atom. The smallest absolute Gasteiger partial charge is 0.230 e. The van der Waals surface area contributed by atoms with E-state index < -0.39 is 0 Å². The highest BCUT2D eigenvalue weighted by atomic mass is 32.2. The molecular weight excluding hydrogens is 352 g/mol. The van der Waals surface area contributed by atoms with Crippen LogP contribution < -0.4 is 5.32 Å². The summed E-state index contributed by atoms with van der Waals surface area (Å²) >= 11 is 3.01. The summed E-state index contributed by atoms with van der Waals surface area (Å²) in [6, 6.07) is 13.9. The minimum absolute atomic E-state index is 0.0205. The Kier molecular flexibility index (Phi) is 6.03. The third kappa shape index (κ3) is 4.58. The van der Waals surface area contributed by atoms with Crippen molar-refractivity contribution in [1.29, 1.82) is 0 Å².